The minimum atomic E-state index is -1.83. The van der Waals surface area contributed by atoms with Crippen LogP contribution >= 0.6 is 0 Å². The van der Waals surface area contributed by atoms with Crippen LogP contribution in [0.1, 0.15) is 18.4 Å². The standard InChI is InChI=1S/C21H18FN5O2/c1-2-29-20(28)27-8-7-15-16(9-23)19(26)21(11-24,12-25)18(17(15)10-27)13-3-5-14(22)6-4-13/h3-7,17-18H,2,8,10,26H2,1H3/t17-,18+/m0/s1. The summed E-state index contributed by atoms with van der Waals surface area (Å²) >= 11 is 0. The lowest BCUT2D eigenvalue weighted by molar-refractivity contribution is 0.0999. The molecule has 1 aliphatic heterocycles. The van der Waals surface area contributed by atoms with E-state index in [1.54, 1.807) is 13.0 Å². The Morgan fingerprint density at radius 2 is 1.97 bits per heavy atom. The van der Waals surface area contributed by atoms with Crippen molar-refractivity contribution in [3.63, 3.8) is 0 Å². The van der Waals surface area contributed by atoms with Crippen LogP contribution in [0.15, 0.2) is 47.2 Å². The van der Waals surface area contributed by atoms with Gasteiger partial charge >= 0.3 is 6.09 Å². The first kappa shape index (κ1) is 19.9. The molecule has 0 unspecified atom stereocenters. The molecule has 0 fully saturated rings. The molecule has 2 atom stereocenters. The molecule has 0 saturated carbocycles. The number of ether oxygens (including phenoxy) is 1. The molecule has 29 heavy (non-hydrogen) atoms. The fourth-order valence-corrected chi connectivity index (χ4v) is 4.09. The number of nitrogens with two attached hydrogens (primary N) is 1. The van der Waals surface area contributed by atoms with Crippen molar-refractivity contribution in [3.8, 4) is 18.2 Å². The fraction of sp³-hybridized carbons (Fsp3) is 0.333. The third kappa shape index (κ3) is 3.07. The number of carbonyl (C=O) groups excluding carboxylic acids is 1. The van der Waals surface area contributed by atoms with Crippen LogP contribution in [0.2, 0.25) is 0 Å². The van der Waals surface area contributed by atoms with Crippen molar-refractivity contribution in [2.75, 3.05) is 19.7 Å². The molecule has 3 rings (SSSR count). The summed E-state index contributed by atoms with van der Waals surface area (Å²) < 4.78 is 18.6. The Bertz CT molecular complexity index is 1010. The number of nitrogens with zero attached hydrogens (tertiary/aromatic N) is 4. The largest absolute Gasteiger partial charge is 0.450 e. The molecule has 0 spiro atoms. The highest BCUT2D eigenvalue weighted by Gasteiger charge is 2.54. The SMILES string of the molecule is CCOC(=O)N1CC=C2C(C#N)=C(N)C(C#N)(C#N)[C@H](c3ccc(F)cc3)[C@H]2C1. The van der Waals surface area contributed by atoms with Gasteiger partial charge in [-0.05, 0) is 30.2 Å². The number of allylic oxidation sites excluding steroid dienone is 2. The molecule has 1 aliphatic carbocycles. The smallest absolute Gasteiger partial charge is 0.410 e. The average Bonchev–Trinajstić information content (AvgIpc) is 2.74. The second-order valence-corrected chi connectivity index (χ2v) is 6.83. The molecule has 0 saturated heterocycles. The lowest BCUT2D eigenvalue weighted by atomic mass is 9.58. The van der Waals surface area contributed by atoms with Crippen LogP contribution in [0.25, 0.3) is 0 Å². The number of halogens is 1. The highest BCUT2D eigenvalue weighted by molar-refractivity contribution is 5.69. The first-order valence-electron chi connectivity index (χ1n) is 9.03. The molecule has 7 nitrogen and oxygen atoms in total. The number of benzene rings is 1. The summed E-state index contributed by atoms with van der Waals surface area (Å²) in [7, 11) is 0. The van der Waals surface area contributed by atoms with E-state index in [1.807, 2.05) is 18.2 Å². The second kappa shape index (κ2) is 7.66. The Morgan fingerprint density at radius 1 is 1.31 bits per heavy atom. The van der Waals surface area contributed by atoms with Gasteiger partial charge in [-0.2, -0.15) is 15.8 Å². The first-order chi connectivity index (χ1) is 13.9. The third-order valence-electron chi connectivity index (χ3n) is 5.42. The maximum absolute atomic E-state index is 13.5. The average molecular weight is 391 g/mol. The predicted molar refractivity (Wildman–Crippen MR) is 99.8 cm³/mol. The van der Waals surface area contributed by atoms with Gasteiger partial charge < -0.3 is 15.4 Å². The van der Waals surface area contributed by atoms with Crippen molar-refractivity contribution in [2.45, 2.75) is 12.8 Å². The first-order valence-corrected chi connectivity index (χ1v) is 9.03. The summed E-state index contributed by atoms with van der Waals surface area (Å²) in [6.07, 6.45) is 1.17. The van der Waals surface area contributed by atoms with E-state index < -0.39 is 29.2 Å². The summed E-state index contributed by atoms with van der Waals surface area (Å²) in [6, 6.07) is 11.5. The minimum absolute atomic E-state index is 0.0833. The quantitative estimate of drug-likeness (QED) is 0.826. The number of hydrogen-bond acceptors (Lipinski definition) is 6. The van der Waals surface area contributed by atoms with Gasteiger partial charge in [0.05, 0.1) is 30.0 Å². The van der Waals surface area contributed by atoms with Crippen molar-refractivity contribution < 1.29 is 13.9 Å². The van der Waals surface area contributed by atoms with Crippen LogP contribution in [0.4, 0.5) is 9.18 Å². The zero-order valence-corrected chi connectivity index (χ0v) is 15.7. The van der Waals surface area contributed by atoms with Gasteiger partial charge in [-0.25, -0.2) is 9.18 Å². The topological polar surface area (TPSA) is 127 Å². The maximum Gasteiger partial charge on any atom is 0.410 e. The summed E-state index contributed by atoms with van der Waals surface area (Å²) in [4.78, 5) is 13.7. The van der Waals surface area contributed by atoms with Crippen molar-refractivity contribution in [3.05, 3.63) is 58.6 Å². The zero-order valence-electron chi connectivity index (χ0n) is 15.7. The van der Waals surface area contributed by atoms with E-state index in [2.05, 4.69) is 0 Å². The summed E-state index contributed by atoms with van der Waals surface area (Å²) in [5, 5.41) is 29.6. The molecule has 8 heteroatoms. The molecular weight excluding hydrogens is 373 g/mol. The third-order valence-corrected chi connectivity index (χ3v) is 5.42. The molecule has 2 N–H and O–H groups in total. The van der Waals surface area contributed by atoms with Gasteiger partial charge in [0, 0.05) is 24.9 Å². The zero-order chi connectivity index (χ0) is 21.2. The number of nitriles is 3. The molecule has 1 aromatic carbocycles. The molecule has 0 bridgehead atoms. The Kier molecular flexibility index (Phi) is 5.26. The Morgan fingerprint density at radius 3 is 2.52 bits per heavy atom. The lowest BCUT2D eigenvalue weighted by Crippen LogP contribution is -2.49. The lowest BCUT2D eigenvalue weighted by Gasteiger charge is -2.45. The van der Waals surface area contributed by atoms with Crippen LogP contribution < -0.4 is 5.73 Å². The molecule has 1 aromatic rings. The Hall–Kier alpha value is -3.83. The van der Waals surface area contributed by atoms with E-state index in [-0.39, 0.29) is 31.0 Å². The minimum Gasteiger partial charge on any atom is -0.450 e. The van der Waals surface area contributed by atoms with Gasteiger partial charge in [0.25, 0.3) is 0 Å². The molecule has 1 amide bonds. The summed E-state index contributed by atoms with van der Waals surface area (Å²) in [5.74, 6) is -1.81. The van der Waals surface area contributed by atoms with Gasteiger partial charge in [0.15, 0.2) is 5.41 Å². The van der Waals surface area contributed by atoms with E-state index in [0.29, 0.717) is 11.1 Å². The Labute approximate surface area is 167 Å². The number of carbonyl (C=O) groups is 1. The van der Waals surface area contributed by atoms with E-state index in [0.717, 1.165) is 0 Å². The summed E-state index contributed by atoms with van der Waals surface area (Å²) in [6.45, 7) is 2.24. The van der Waals surface area contributed by atoms with Crippen LogP contribution in [0, 0.1) is 51.1 Å². The van der Waals surface area contributed by atoms with Crippen molar-refractivity contribution >= 4 is 6.09 Å². The van der Waals surface area contributed by atoms with Crippen LogP contribution in [0.3, 0.4) is 0 Å². The molecule has 1 heterocycles. The van der Waals surface area contributed by atoms with E-state index in [4.69, 9.17) is 10.5 Å². The molecule has 0 aromatic heterocycles. The van der Waals surface area contributed by atoms with E-state index in [9.17, 15) is 25.0 Å². The van der Waals surface area contributed by atoms with Gasteiger partial charge in [0.1, 0.15) is 11.9 Å². The maximum atomic E-state index is 13.5. The van der Waals surface area contributed by atoms with Crippen molar-refractivity contribution in [1.82, 2.24) is 4.90 Å². The number of rotatable bonds is 2. The normalized spacial score (nSPS) is 22.4. The molecule has 2 aliphatic rings. The van der Waals surface area contributed by atoms with Gasteiger partial charge in [-0.3, -0.25) is 0 Å². The van der Waals surface area contributed by atoms with Crippen LogP contribution in [0.5, 0.6) is 0 Å². The van der Waals surface area contributed by atoms with Crippen LogP contribution in [-0.2, 0) is 4.74 Å². The monoisotopic (exact) mass is 391 g/mol. The Balaban J connectivity index is 2.23. The van der Waals surface area contributed by atoms with Crippen molar-refractivity contribution in [2.24, 2.45) is 17.1 Å². The van der Waals surface area contributed by atoms with Crippen LogP contribution in [-0.4, -0.2) is 30.7 Å². The predicted octanol–water partition coefficient (Wildman–Crippen LogP) is 2.71. The highest BCUT2D eigenvalue weighted by Crippen LogP contribution is 2.54. The summed E-state index contributed by atoms with van der Waals surface area (Å²) in [5.41, 5.74) is 5.43. The van der Waals surface area contributed by atoms with Gasteiger partial charge in [0.2, 0.25) is 0 Å². The van der Waals surface area contributed by atoms with E-state index in [1.165, 1.54) is 29.2 Å². The number of fused-ring (bicyclic) bond motifs is 1. The fourth-order valence-electron chi connectivity index (χ4n) is 4.09. The molecule has 0 radical (unpaired) electrons. The van der Waals surface area contributed by atoms with Gasteiger partial charge in [-0.15, -0.1) is 0 Å². The second-order valence-electron chi connectivity index (χ2n) is 6.83. The molecule has 146 valence electrons. The van der Waals surface area contributed by atoms with Gasteiger partial charge in [-0.1, -0.05) is 18.2 Å². The number of hydrogen-bond donors (Lipinski definition) is 1. The number of amides is 1. The van der Waals surface area contributed by atoms with E-state index >= 15 is 0 Å². The molecular formula is C21H18FN5O2. The highest BCUT2D eigenvalue weighted by atomic mass is 19.1. The van der Waals surface area contributed by atoms with Crippen molar-refractivity contribution in [1.29, 1.82) is 15.8 Å².